The van der Waals surface area contributed by atoms with Gasteiger partial charge in [0.25, 0.3) is 0 Å². The molecule has 74 heavy (non-hydrogen) atoms. The number of rotatable bonds is 57. The molecular formula is C60H123Nd2O9P3. The Hall–Kier alpha value is 3.15. The van der Waals surface area contributed by atoms with E-state index in [0.717, 1.165) is 38.5 Å². The molecule has 0 saturated carbocycles. The first-order chi connectivity index (χ1) is 34.7. The van der Waals surface area contributed by atoms with E-state index in [9.17, 15) is 43.1 Å². The number of hydrogen-bond donors (Lipinski definition) is 0. The predicted molar refractivity (Wildman–Crippen MR) is 304 cm³/mol. The second-order valence-electron chi connectivity index (χ2n) is 22.0. The topological polar surface area (TPSA) is 190 Å². The van der Waals surface area contributed by atoms with Crippen LogP contribution in [0.5, 0.6) is 0 Å². The fourth-order valence-electron chi connectivity index (χ4n) is 9.62. The monoisotopic (exact) mass is 1360 g/mol. The van der Waals surface area contributed by atoms with Gasteiger partial charge in [0.05, 0.1) is 0 Å². The molecule has 0 saturated heterocycles. The zero-order valence-electron chi connectivity index (χ0n) is 49.3. The molecule has 0 aromatic carbocycles. The molecule has 440 valence electrons. The molecule has 0 rings (SSSR count). The van der Waals surface area contributed by atoms with Gasteiger partial charge in [-0.15, -0.1) is 0 Å². The Morgan fingerprint density at radius 1 is 0.176 bits per heavy atom. The first-order valence-corrected chi connectivity index (χ1v) is 36.9. The van der Waals surface area contributed by atoms with Gasteiger partial charge in [0, 0.05) is 0 Å². The van der Waals surface area contributed by atoms with E-state index in [2.05, 4.69) is 20.8 Å². The van der Waals surface area contributed by atoms with Crippen LogP contribution in [0.3, 0.4) is 0 Å². The fourth-order valence-corrected chi connectivity index (χ4v) is 11.5. The van der Waals surface area contributed by atoms with Crippen molar-refractivity contribution >= 4 is 22.8 Å². The summed E-state index contributed by atoms with van der Waals surface area (Å²) in [6.07, 6.45) is 68.6. The molecule has 0 aromatic heterocycles. The van der Waals surface area contributed by atoms with Crippen molar-refractivity contribution in [3.05, 3.63) is 0 Å². The summed E-state index contributed by atoms with van der Waals surface area (Å²) in [6, 6.07) is 0. The molecule has 0 spiro atoms. The maximum Gasteiger partial charge on any atom is 3.00 e. The molecule has 0 atom stereocenters. The van der Waals surface area contributed by atoms with Gasteiger partial charge in [0.2, 0.25) is 0 Å². The van der Waals surface area contributed by atoms with Crippen LogP contribution in [-0.4, -0.2) is 18.5 Å². The minimum absolute atomic E-state index is 0. The Balaban J connectivity index is -0.000000317. The van der Waals surface area contributed by atoms with Crippen molar-refractivity contribution in [3.8, 4) is 0 Å². The molecule has 0 aliphatic carbocycles. The van der Waals surface area contributed by atoms with E-state index in [1.807, 2.05) is 0 Å². The first kappa shape index (κ1) is 85.9. The predicted octanol–water partition coefficient (Wildman–Crippen LogP) is 17.8. The molecule has 0 aromatic rings. The van der Waals surface area contributed by atoms with Crippen molar-refractivity contribution in [1.29, 1.82) is 0 Å². The van der Waals surface area contributed by atoms with E-state index in [4.69, 9.17) is 0 Å². The van der Waals surface area contributed by atoms with E-state index in [-0.39, 0.29) is 100 Å². The van der Waals surface area contributed by atoms with E-state index in [0.29, 0.717) is 19.3 Å². The maximum atomic E-state index is 10.5. The largest absolute Gasteiger partial charge is 3.00 e. The van der Waals surface area contributed by atoms with Gasteiger partial charge in [-0.05, 0) is 37.7 Å². The Labute approximate surface area is 527 Å². The van der Waals surface area contributed by atoms with Gasteiger partial charge in [0.15, 0.2) is 0 Å². The second kappa shape index (κ2) is 70.4. The summed E-state index contributed by atoms with van der Waals surface area (Å²) in [5.41, 5.74) is 0. The summed E-state index contributed by atoms with van der Waals surface area (Å²) in [4.78, 5) is 62.9. The van der Waals surface area contributed by atoms with Gasteiger partial charge in [-0.25, -0.2) is 0 Å². The number of unbranched alkanes of at least 4 members (excludes halogenated alkanes) is 51. The summed E-state index contributed by atoms with van der Waals surface area (Å²) >= 11 is 0. The smallest absolute Gasteiger partial charge is 0.811 e. The first-order valence-electron chi connectivity index (χ1n) is 31.7. The Kier molecular flexibility index (Phi) is 81.8. The van der Waals surface area contributed by atoms with E-state index in [1.165, 1.54) is 289 Å². The number of hydrogen-bond acceptors (Lipinski definition) is 9. The molecule has 0 amide bonds. The van der Waals surface area contributed by atoms with Crippen molar-refractivity contribution in [3.63, 3.8) is 0 Å². The molecule has 0 aliphatic heterocycles. The van der Waals surface area contributed by atoms with Gasteiger partial charge in [-0.2, -0.15) is 0 Å². The van der Waals surface area contributed by atoms with E-state index >= 15 is 0 Å². The van der Waals surface area contributed by atoms with E-state index < -0.39 is 22.8 Å². The maximum absolute atomic E-state index is 10.5. The SMILES string of the molecule is CCCCCCCCCCCCCCCCCCCCP(=O)([O-])[O-].CCCCCCCCCCCCCCCCCCCCP(=O)([O-])[O-].CCCCCCCCCCCCCCCCCCCCP(=O)([O-])[O-].[Nd+3].[Nd+3]. The third-order valence-corrected chi connectivity index (χ3v) is 16.9. The molecule has 0 unspecified atom stereocenters. The van der Waals surface area contributed by atoms with Crippen LogP contribution < -0.4 is 29.4 Å². The fraction of sp³-hybridized carbons (Fsp3) is 1.00. The van der Waals surface area contributed by atoms with Crippen LogP contribution in [0.25, 0.3) is 0 Å². The summed E-state index contributed by atoms with van der Waals surface area (Å²) in [7, 11) is -12.8. The van der Waals surface area contributed by atoms with Gasteiger partial charge in [-0.1, -0.05) is 371 Å². The molecule has 0 fully saturated rings. The molecule has 2 radical (unpaired) electrons. The zero-order chi connectivity index (χ0) is 53.8. The molecular weight excluding hydrogens is 1250 g/mol. The van der Waals surface area contributed by atoms with Crippen LogP contribution in [0.2, 0.25) is 0 Å². The van der Waals surface area contributed by atoms with Crippen LogP contribution in [0, 0.1) is 81.7 Å². The van der Waals surface area contributed by atoms with Gasteiger partial charge < -0.3 is 43.1 Å². The normalized spacial score (nSPS) is 11.6. The van der Waals surface area contributed by atoms with Gasteiger partial charge >= 0.3 is 81.7 Å². The Morgan fingerprint density at radius 2 is 0.257 bits per heavy atom. The van der Waals surface area contributed by atoms with Crippen LogP contribution in [0.1, 0.15) is 367 Å². The summed E-state index contributed by atoms with van der Waals surface area (Å²) < 4.78 is 31.4. The molecule has 0 N–H and O–H groups in total. The van der Waals surface area contributed by atoms with Crippen LogP contribution >= 0.6 is 22.8 Å². The van der Waals surface area contributed by atoms with Crippen molar-refractivity contribution < 1.29 is 125 Å². The third-order valence-electron chi connectivity index (χ3n) is 14.4. The third kappa shape index (κ3) is 94.4. The van der Waals surface area contributed by atoms with Crippen molar-refractivity contribution in [2.45, 2.75) is 367 Å². The summed E-state index contributed by atoms with van der Waals surface area (Å²) in [6.45, 7) is 6.81. The molecule has 0 aliphatic rings. The Morgan fingerprint density at radius 3 is 0.338 bits per heavy atom. The quantitative estimate of drug-likeness (QED) is 0.0421. The molecule has 14 heteroatoms. The minimum Gasteiger partial charge on any atom is -0.811 e. The average molecular weight is 1370 g/mol. The molecule has 9 nitrogen and oxygen atoms in total. The van der Waals surface area contributed by atoms with Crippen LogP contribution in [-0.2, 0) is 13.7 Å². The van der Waals surface area contributed by atoms with Gasteiger partial charge in [-0.3, -0.25) is 0 Å². The average Bonchev–Trinajstić information content (AvgIpc) is 3.32. The van der Waals surface area contributed by atoms with Gasteiger partial charge in [0.1, 0.15) is 0 Å². The molecule has 0 heterocycles. The zero-order valence-corrected chi connectivity index (χ0v) is 58.4. The molecule has 0 bridgehead atoms. The van der Waals surface area contributed by atoms with E-state index in [1.54, 1.807) is 0 Å². The minimum atomic E-state index is -4.26. The standard InChI is InChI=1S/3C20H43O3P.2Nd/c3*1-2-3-4-5-6-7-8-9-10-11-12-13-14-15-16-17-18-19-20-24(21,22)23;;/h3*2-20H2,1H3,(H2,21,22,23);;/q;;;2*+3/p-6. The Bertz CT molecular complexity index is 1020. The van der Waals surface area contributed by atoms with Crippen LogP contribution in [0.15, 0.2) is 0 Å². The second-order valence-corrected chi connectivity index (χ2v) is 27.0. The van der Waals surface area contributed by atoms with Crippen LogP contribution in [0.4, 0.5) is 0 Å². The van der Waals surface area contributed by atoms with Crippen molar-refractivity contribution in [1.82, 2.24) is 0 Å². The summed E-state index contributed by atoms with van der Waals surface area (Å²) in [5, 5.41) is 0. The van der Waals surface area contributed by atoms with Crippen molar-refractivity contribution in [2.24, 2.45) is 0 Å². The van der Waals surface area contributed by atoms with Crippen molar-refractivity contribution in [2.75, 3.05) is 18.5 Å². The summed E-state index contributed by atoms with van der Waals surface area (Å²) in [5.74, 6) is 0.